The van der Waals surface area contributed by atoms with Gasteiger partial charge >= 0.3 is 0 Å². The lowest BCUT2D eigenvalue weighted by Crippen LogP contribution is -2.14. The summed E-state index contributed by atoms with van der Waals surface area (Å²) in [6.45, 7) is 6.28. The second-order valence-electron chi connectivity index (χ2n) is 4.61. The van der Waals surface area contributed by atoms with Crippen molar-refractivity contribution in [1.82, 2.24) is 9.97 Å². The Morgan fingerprint density at radius 3 is 2.75 bits per heavy atom. The molecule has 0 saturated carbocycles. The van der Waals surface area contributed by atoms with E-state index in [2.05, 4.69) is 32.8 Å². The third-order valence-electron chi connectivity index (χ3n) is 3.05. The fourth-order valence-electron chi connectivity index (χ4n) is 1.80. The molecule has 1 heterocycles. The number of aryl methyl sites for hydroxylation is 1. The summed E-state index contributed by atoms with van der Waals surface area (Å²) in [5.74, 6) is 1.26. The quantitative estimate of drug-likeness (QED) is 0.927. The van der Waals surface area contributed by atoms with Crippen LogP contribution >= 0.6 is 15.9 Å². The Kier molecular flexibility index (Phi) is 4.60. The van der Waals surface area contributed by atoms with E-state index < -0.39 is 0 Å². The first kappa shape index (κ1) is 14.8. The van der Waals surface area contributed by atoms with Gasteiger partial charge in [-0.05, 0) is 38.5 Å². The average Bonchev–Trinajstić information content (AvgIpc) is 2.43. The van der Waals surface area contributed by atoms with E-state index in [0.29, 0.717) is 18.0 Å². The molecule has 1 aromatic heterocycles. The molecule has 0 aliphatic heterocycles. The molecule has 1 aromatic carbocycles. The Bertz CT molecular complexity index is 680. The van der Waals surface area contributed by atoms with Gasteiger partial charge in [0.2, 0.25) is 0 Å². The van der Waals surface area contributed by atoms with Crippen molar-refractivity contribution in [2.45, 2.75) is 27.2 Å². The summed E-state index contributed by atoms with van der Waals surface area (Å²) >= 11 is 3.44. The molecule has 0 saturated heterocycles. The number of nitrogens with one attached hydrogen (secondary N) is 1. The highest BCUT2D eigenvalue weighted by Crippen LogP contribution is 2.30. The molecule has 1 N–H and O–H groups in total. The first-order chi connectivity index (χ1) is 9.52. The summed E-state index contributed by atoms with van der Waals surface area (Å²) in [6, 6.07) is 5.69. The number of aromatic amines is 1. The van der Waals surface area contributed by atoms with E-state index in [9.17, 15) is 4.79 Å². The van der Waals surface area contributed by atoms with Gasteiger partial charge in [0.25, 0.3) is 5.56 Å². The summed E-state index contributed by atoms with van der Waals surface area (Å²) in [6.07, 6.45) is 0.923. The SMILES string of the molecule is CCCOc1ccc(Br)cc1-c1nc(C)c(C)c(=O)[nH]1. The van der Waals surface area contributed by atoms with Crippen LogP contribution < -0.4 is 10.3 Å². The van der Waals surface area contributed by atoms with Crippen LogP contribution in [0.25, 0.3) is 11.4 Å². The molecule has 0 amide bonds. The van der Waals surface area contributed by atoms with Gasteiger partial charge in [0.1, 0.15) is 11.6 Å². The van der Waals surface area contributed by atoms with Crippen molar-refractivity contribution >= 4 is 15.9 Å². The summed E-state index contributed by atoms with van der Waals surface area (Å²) in [5.41, 5.74) is 2.03. The van der Waals surface area contributed by atoms with E-state index in [1.807, 2.05) is 25.1 Å². The van der Waals surface area contributed by atoms with Crippen molar-refractivity contribution in [3.63, 3.8) is 0 Å². The number of nitrogens with zero attached hydrogens (tertiary/aromatic N) is 1. The number of ether oxygens (including phenoxy) is 1. The van der Waals surface area contributed by atoms with Gasteiger partial charge in [0.05, 0.1) is 12.2 Å². The normalized spacial score (nSPS) is 10.6. The first-order valence-corrected chi connectivity index (χ1v) is 7.32. The summed E-state index contributed by atoms with van der Waals surface area (Å²) in [5, 5.41) is 0. The van der Waals surface area contributed by atoms with E-state index in [4.69, 9.17) is 4.74 Å². The maximum Gasteiger partial charge on any atom is 0.254 e. The minimum Gasteiger partial charge on any atom is -0.493 e. The van der Waals surface area contributed by atoms with Crippen molar-refractivity contribution in [3.05, 3.63) is 44.3 Å². The van der Waals surface area contributed by atoms with Gasteiger partial charge in [-0.2, -0.15) is 0 Å². The molecular weight excluding hydrogens is 320 g/mol. The van der Waals surface area contributed by atoms with E-state index in [1.165, 1.54) is 0 Å². The fourth-order valence-corrected chi connectivity index (χ4v) is 2.16. The van der Waals surface area contributed by atoms with Crippen molar-refractivity contribution in [3.8, 4) is 17.1 Å². The van der Waals surface area contributed by atoms with Gasteiger partial charge < -0.3 is 9.72 Å². The van der Waals surface area contributed by atoms with Crippen LogP contribution in [0.1, 0.15) is 24.6 Å². The Balaban J connectivity index is 2.56. The maximum atomic E-state index is 11.9. The number of rotatable bonds is 4. The van der Waals surface area contributed by atoms with Crippen molar-refractivity contribution < 1.29 is 4.74 Å². The highest BCUT2D eigenvalue weighted by atomic mass is 79.9. The van der Waals surface area contributed by atoms with Gasteiger partial charge in [-0.25, -0.2) is 4.98 Å². The van der Waals surface area contributed by atoms with Crippen LogP contribution in [0.4, 0.5) is 0 Å². The van der Waals surface area contributed by atoms with Gasteiger partial charge in [-0.1, -0.05) is 22.9 Å². The molecule has 2 aromatic rings. The number of H-pyrrole nitrogens is 1. The Morgan fingerprint density at radius 2 is 2.10 bits per heavy atom. The molecule has 4 nitrogen and oxygen atoms in total. The average molecular weight is 337 g/mol. The Hall–Kier alpha value is -1.62. The minimum absolute atomic E-state index is 0.117. The lowest BCUT2D eigenvalue weighted by Gasteiger charge is -2.11. The number of benzene rings is 1. The van der Waals surface area contributed by atoms with Crippen LogP contribution in [0, 0.1) is 13.8 Å². The largest absolute Gasteiger partial charge is 0.493 e. The number of hydrogen-bond donors (Lipinski definition) is 1. The highest BCUT2D eigenvalue weighted by molar-refractivity contribution is 9.10. The molecule has 2 rings (SSSR count). The number of hydrogen-bond acceptors (Lipinski definition) is 3. The van der Waals surface area contributed by atoms with Crippen molar-refractivity contribution in [2.24, 2.45) is 0 Å². The first-order valence-electron chi connectivity index (χ1n) is 6.53. The van der Waals surface area contributed by atoms with E-state index in [1.54, 1.807) is 6.92 Å². The van der Waals surface area contributed by atoms with Crippen molar-refractivity contribution in [2.75, 3.05) is 6.61 Å². The third kappa shape index (κ3) is 3.10. The number of halogens is 1. The summed E-state index contributed by atoms with van der Waals surface area (Å²) in [7, 11) is 0. The summed E-state index contributed by atoms with van der Waals surface area (Å²) in [4.78, 5) is 19.2. The van der Waals surface area contributed by atoms with Gasteiger partial charge in [0.15, 0.2) is 0 Å². The van der Waals surface area contributed by atoms with Crippen LogP contribution in [0.2, 0.25) is 0 Å². The molecule has 0 spiro atoms. The highest BCUT2D eigenvalue weighted by Gasteiger charge is 2.12. The van der Waals surface area contributed by atoms with Crippen LogP contribution in [0.5, 0.6) is 5.75 Å². The van der Waals surface area contributed by atoms with Crippen LogP contribution in [-0.2, 0) is 0 Å². The third-order valence-corrected chi connectivity index (χ3v) is 3.55. The van der Waals surface area contributed by atoms with Gasteiger partial charge in [0, 0.05) is 15.7 Å². The van der Waals surface area contributed by atoms with Gasteiger partial charge in [-0.15, -0.1) is 0 Å². The molecule has 5 heteroatoms. The summed E-state index contributed by atoms with van der Waals surface area (Å²) < 4.78 is 6.64. The molecular formula is C15H17BrN2O2. The lowest BCUT2D eigenvalue weighted by atomic mass is 10.1. The zero-order valence-corrected chi connectivity index (χ0v) is 13.4. The van der Waals surface area contributed by atoms with Crippen LogP contribution in [0.15, 0.2) is 27.5 Å². The minimum atomic E-state index is -0.117. The smallest absolute Gasteiger partial charge is 0.254 e. The lowest BCUT2D eigenvalue weighted by molar-refractivity contribution is 0.318. The zero-order valence-electron chi connectivity index (χ0n) is 11.8. The van der Waals surface area contributed by atoms with E-state index in [0.717, 1.165) is 27.9 Å². The molecule has 20 heavy (non-hydrogen) atoms. The molecule has 0 aliphatic rings. The predicted molar refractivity (Wildman–Crippen MR) is 83.3 cm³/mol. The Morgan fingerprint density at radius 1 is 1.35 bits per heavy atom. The number of aromatic nitrogens is 2. The topological polar surface area (TPSA) is 55.0 Å². The molecule has 0 aliphatic carbocycles. The van der Waals surface area contributed by atoms with Crippen LogP contribution in [0.3, 0.4) is 0 Å². The molecule has 106 valence electrons. The molecule has 0 unspecified atom stereocenters. The second kappa shape index (κ2) is 6.22. The van der Waals surface area contributed by atoms with E-state index in [-0.39, 0.29) is 5.56 Å². The predicted octanol–water partition coefficient (Wildman–Crippen LogP) is 3.61. The second-order valence-corrected chi connectivity index (χ2v) is 5.53. The molecule has 0 atom stereocenters. The maximum absolute atomic E-state index is 11.9. The zero-order chi connectivity index (χ0) is 14.7. The van der Waals surface area contributed by atoms with Gasteiger partial charge in [-0.3, -0.25) is 4.79 Å². The van der Waals surface area contributed by atoms with Crippen molar-refractivity contribution in [1.29, 1.82) is 0 Å². The molecule has 0 radical (unpaired) electrons. The van der Waals surface area contributed by atoms with Crippen LogP contribution in [-0.4, -0.2) is 16.6 Å². The molecule has 0 fully saturated rings. The standard InChI is InChI=1S/C15H17BrN2O2/c1-4-7-20-13-6-5-11(16)8-12(13)14-17-10(3)9(2)15(19)18-14/h5-6,8H,4,7H2,1-3H3,(H,17,18,19). The molecule has 0 bridgehead atoms. The fraction of sp³-hybridized carbons (Fsp3) is 0.333. The monoisotopic (exact) mass is 336 g/mol. The Labute approximate surface area is 126 Å². The van der Waals surface area contributed by atoms with E-state index >= 15 is 0 Å².